The Labute approximate surface area is 171 Å². The number of hydrogen-bond acceptors (Lipinski definition) is 5. The van der Waals surface area contributed by atoms with Crippen LogP contribution in [0.2, 0.25) is 0 Å². The molecule has 1 atom stereocenters. The molecule has 30 heavy (non-hydrogen) atoms. The Hall–Kier alpha value is -2.84. The molecule has 0 spiro atoms. The van der Waals surface area contributed by atoms with Crippen LogP contribution >= 0.6 is 0 Å². The van der Waals surface area contributed by atoms with Gasteiger partial charge in [0.2, 0.25) is 5.91 Å². The molecule has 6 nitrogen and oxygen atoms in total. The first-order valence-corrected chi connectivity index (χ1v) is 10.1. The average molecular weight is 418 g/mol. The highest BCUT2D eigenvalue weighted by Crippen LogP contribution is 2.42. The number of rotatable bonds is 4. The summed E-state index contributed by atoms with van der Waals surface area (Å²) in [6, 6.07) is 1.72. The molecule has 2 fully saturated rings. The van der Waals surface area contributed by atoms with Crippen molar-refractivity contribution in [1.82, 2.24) is 9.97 Å². The SMILES string of the molecule is C[C@]12CCCN1c1nc(CC3CC(Oc4cc(F)c(F)c(F)c4)C3)ncc1NC2=O. The summed E-state index contributed by atoms with van der Waals surface area (Å²) in [5.74, 6) is -2.30. The van der Waals surface area contributed by atoms with Crippen molar-refractivity contribution < 1.29 is 22.7 Å². The van der Waals surface area contributed by atoms with E-state index in [9.17, 15) is 18.0 Å². The number of nitrogens with zero attached hydrogens (tertiary/aromatic N) is 3. The molecule has 9 heteroatoms. The lowest BCUT2D eigenvalue weighted by atomic mass is 9.80. The predicted molar refractivity (Wildman–Crippen MR) is 103 cm³/mol. The van der Waals surface area contributed by atoms with Crippen molar-refractivity contribution in [2.75, 3.05) is 16.8 Å². The molecule has 5 rings (SSSR count). The normalized spacial score (nSPS) is 27.2. The minimum Gasteiger partial charge on any atom is -0.490 e. The molecule has 1 aliphatic carbocycles. The van der Waals surface area contributed by atoms with Gasteiger partial charge in [-0.15, -0.1) is 0 Å². The van der Waals surface area contributed by atoms with Crippen molar-refractivity contribution in [3.63, 3.8) is 0 Å². The number of nitrogens with one attached hydrogen (secondary N) is 1. The van der Waals surface area contributed by atoms with Crippen molar-refractivity contribution in [3.8, 4) is 5.75 Å². The van der Waals surface area contributed by atoms with Crippen molar-refractivity contribution >= 4 is 17.4 Å². The van der Waals surface area contributed by atoms with Crippen LogP contribution in [0.4, 0.5) is 24.7 Å². The summed E-state index contributed by atoms with van der Waals surface area (Å²) in [5, 5.41) is 2.91. The molecule has 2 aliphatic heterocycles. The number of carbonyl (C=O) groups is 1. The van der Waals surface area contributed by atoms with Gasteiger partial charge in [-0.3, -0.25) is 4.79 Å². The van der Waals surface area contributed by atoms with Crippen LogP contribution in [0.5, 0.6) is 5.75 Å². The van der Waals surface area contributed by atoms with Crippen LogP contribution in [0.15, 0.2) is 18.3 Å². The highest BCUT2D eigenvalue weighted by molar-refractivity contribution is 6.05. The fourth-order valence-electron chi connectivity index (χ4n) is 4.58. The van der Waals surface area contributed by atoms with E-state index in [2.05, 4.69) is 15.2 Å². The van der Waals surface area contributed by atoms with Gasteiger partial charge < -0.3 is 15.0 Å². The number of ether oxygens (including phenoxy) is 1. The maximum Gasteiger partial charge on any atom is 0.250 e. The molecular formula is C21H21F3N4O2. The Kier molecular flexibility index (Phi) is 4.37. The molecule has 1 aromatic carbocycles. The van der Waals surface area contributed by atoms with Gasteiger partial charge in [-0.25, -0.2) is 23.1 Å². The lowest BCUT2D eigenvalue weighted by Gasteiger charge is -2.40. The lowest BCUT2D eigenvalue weighted by Crippen LogP contribution is -2.54. The number of anilines is 2. The van der Waals surface area contributed by atoms with Gasteiger partial charge in [0.15, 0.2) is 23.3 Å². The molecule has 0 unspecified atom stereocenters. The predicted octanol–water partition coefficient (Wildman–Crippen LogP) is 3.61. The molecule has 1 saturated heterocycles. The number of halogens is 3. The second-order valence-electron chi connectivity index (χ2n) is 8.49. The summed E-state index contributed by atoms with van der Waals surface area (Å²) in [7, 11) is 0. The zero-order chi connectivity index (χ0) is 21.0. The van der Waals surface area contributed by atoms with E-state index in [1.165, 1.54) is 0 Å². The molecule has 0 radical (unpaired) electrons. The van der Waals surface area contributed by atoms with Crippen LogP contribution in [0.25, 0.3) is 0 Å². The monoisotopic (exact) mass is 418 g/mol. The van der Waals surface area contributed by atoms with Crippen LogP contribution in [-0.2, 0) is 11.2 Å². The Morgan fingerprint density at radius 2 is 2.00 bits per heavy atom. The number of amides is 1. The number of aromatic nitrogens is 2. The number of hydrogen-bond donors (Lipinski definition) is 1. The zero-order valence-corrected chi connectivity index (χ0v) is 16.4. The molecular weight excluding hydrogens is 397 g/mol. The molecule has 3 aliphatic rings. The third-order valence-electron chi connectivity index (χ3n) is 6.38. The molecule has 1 N–H and O–H groups in total. The number of fused-ring (bicyclic) bond motifs is 3. The van der Waals surface area contributed by atoms with Crippen LogP contribution in [0.1, 0.15) is 38.4 Å². The van der Waals surface area contributed by atoms with Crippen LogP contribution < -0.4 is 15.0 Å². The van der Waals surface area contributed by atoms with Gasteiger partial charge >= 0.3 is 0 Å². The van der Waals surface area contributed by atoms with E-state index >= 15 is 0 Å². The van der Waals surface area contributed by atoms with Crippen molar-refractivity contribution in [2.45, 2.75) is 50.7 Å². The summed E-state index contributed by atoms with van der Waals surface area (Å²) in [4.78, 5) is 23.6. The fourth-order valence-corrected chi connectivity index (χ4v) is 4.58. The first kappa shape index (κ1) is 19.1. The minimum absolute atomic E-state index is 0.0102. The largest absolute Gasteiger partial charge is 0.490 e. The summed E-state index contributed by atoms with van der Waals surface area (Å²) in [6.45, 7) is 2.73. The topological polar surface area (TPSA) is 67.3 Å². The quantitative estimate of drug-likeness (QED) is 0.769. The summed E-state index contributed by atoms with van der Waals surface area (Å²) in [5.41, 5.74) is 0.0755. The molecule has 3 heterocycles. The van der Waals surface area contributed by atoms with Crippen molar-refractivity contribution in [3.05, 3.63) is 41.6 Å². The van der Waals surface area contributed by atoms with E-state index in [4.69, 9.17) is 9.72 Å². The molecule has 1 amide bonds. The second-order valence-corrected chi connectivity index (χ2v) is 8.49. The minimum atomic E-state index is -1.50. The van der Waals surface area contributed by atoms with Gasteiger partial charge in [0.1, 0.15) is 22.8 Å². The first-order valence-electron chi connectivity index (χ1n) is 10.1. The molecule has 1 saturated carbocycles. The molecule has 158 valence electrons. The molecule has 1 aromatic heterocycles. The van der Waals surface area contributed by atoms with Gasteiger partial charge in [-0.1, -0.05) is 0 Å². The second kappa shape index (κ2) is 6.85. The highest BCUT2D eigenvalue weighted by atomic mass is 19.2. The van der Waals surface area contributed by atoms with Crippen LogP contribution in [0.3, 0.4) is 0 Å². The Morgan fingerprint density at radius 3 is 2.73 bits per heavy atom. The van der Waals surface area contributed by atoms with Crippen LogP contribution in [0, 0.1) is 23.4 Å². The standard InChI is InChI=1S/C21H21F3N4O2/c1-21-3-2-4-28(21)19-16(26-20(21)29)10-25-17(27-19)7-11-5-12(6-11)30-13-8-14(22)18(24)15(23)9-13/h8-12H,2-7H2,1H3,(H,26,29)/t11?,12?,21-/m1/s1. The summed E-state index contributed by atoms with van der Waals surface area (Å²) < 4.78 is 45.2. The average Bonchev–Trinajstić information content (AvgIpc) is 3.08. The Bertz CT molecular complexity index is 1000. The maximum absolute atomic E-state index is 13.3. The third kappa shape index (κ3) is 3.07. The maximum atomic E-state index is 13.3. The van der Waals surface area contributed by atoms with Crippen LogP contribution in [-0.4, -0.2) is 34.1 Å². The van der Waals surface area contributed by atoms with E-state index < -0.39 is 23.0 Å². The zero-order valence-electron chi connectivity index (χ0n) is 16.4. The van der Waals surface area contributed by atoms with E-state index in [-0.39, 0.29) is 23.7 Å². The van der Waals surface area contributed by atoms with Gasteiger partial charge in [0, 0.05) is 25.1 Å². The molecule has 0 bridgehead atoms. The van der Waals surface area contributed by atoms with E-state index in [0.717, 1.165) is 37.3 Å². The summed E-state index contributed by atoms with van der Waals surface area (Å²) in [6.07, 6.45) is 5.25. The Morgan fingerprint density at radius 1 is 1.27 bits per heavy atom. The Balaban J connectivity index is 1.23. The van der Waals surface area contributed by atoms with Crippen molar-refractivity contribution in [2.24, 2.45) is 5.92 Å². The van der Waals surface area contributed by atoms with E-state index in [1.54, 1.807) is 6.20 Å². The first-order chi connectivity index (χ1) is 14.3. The van der Waals surface area contributed by atoms with Gasteiger partial charge in [0.05, 0.1) is 12.3 Å². The fraction of sp³-hybridized carbons (Fsp3) is 0.476. The highest BCUT2D eigenvalue weighted by Gasteiger charge is 2.48. The van der Waals surface area contributed by atoms with Crippen molar-refractivity contribution in [1.29, 1.82) is 0 Å². The number of carbonyl (C=O) groups excluding carboxylic acids is 1. The smallest absolute Gasteiger partial charge is 0.250 e. The van der Waals surface area contributed by atoms with E-state index in [1.807, 2.05) is 6.92 Å². The van der Waals surface area contributed by atoms with Gasteiger partial charge in [-0.05, 0) is 38.5 Å². The third-order valence-corrected chi connectivity index (χ3v) is 6.38. The van der Waals surface area contributed by atoms with Gasteiger partial charge in [-0.2, -0.15) is 0 Å². The van der Waals surface area contributed by atoms with E-state index in [0.29, 0.717) is 30.8 Å². The molecule has 2 aromatic rings. The number of benzene rings is 1. The lowest BCUT2D eigenvalue weighted by molar-refractivity contribution is -0.120. The summed E-state index contributed by atoms with van der Waals surface area (Å²) >= 11 is 0. The van der Waals surface area contributed by atoms with Gasteiger partial charge in [0.25, 0.3) is 0 Å².